The molecule has 1 aliphatic rings. The summed E-state index contributed by atoms with van der Waals surface area (Å²) in [7, 11) is 0. The van der Waals surface area contributed by atoms with Gasteiger partial charge >= 0.3 is 6.18 Å². The normalized spacial score (nSPS) is 23.6. The second-order valence-corrected chi connectivity index (χ2v) is 5.19. The lowest BCUT2D eigenvalue weighted by Crippen LogP contribution is -2.30. The smallest absolute Gasteiger partial charge is 0.391 e. The van der Waals surface area contributed by atoms with Crippen LogP contribution in [0, 0.1) is 17.7 Å². The second-order valence-electron chi connectivity index (χ2n) is 5.19. The maximum absolute atomic E-state index is 13.3. The number of anilines is 1. The minimum absolute atomic E-state index is 0.0443. The zero-order chi connectivity index (χ0) is 14.9. The van der Waals surface area contributed by atoms with Crippen LogP contribution < -0.4 is 5.73 Å². The summed E-state index contributed by atoms with van der Waals surface area (Å²) < 4.78 is 50.9. The maximum Gasteiger partial charge on any atom is 0.391 e. The van der Waals surface area contributed by atoms with Crippen molar-refractivity contribution in [1.82, 2.24) is 0 Å². The van der Waals surface area contributed by atoms with E-state index in [4.69, 9.17) is 5.73 Å². The molecule has 0 amide bonds. The highest BCUT2D eigenvalue weighted by atomic mass is 19.4. The number of halogens is 4. The van der Waals surface area contributed by atoms with Crippen molar-refractivity contribution in [3.63, 3.8) is 0 Å². The Kier molecular flexibility index (Phi) is 4.01. The number of nitrogen functional groups attached to an aromatic ring is 1. The molecule has 0 radical (unpaired) electrons. The predicted octanol–water partition coefficient (Wildman–Crippen LogP) is 3.96. The predicted molar refractivity (Wildman–Crippen MR) is 66.6 cm³/mol. The molecule has 0 spiro atoms. The maximum atomic E-state index is 13.3. The second kappa shape index (κ2) is 5.42. The molecule has 2 N–H and O–H groups in total. The SMILES string of the molecule is Nc1ccc(C(=O)C2CCC(C(F)(F)F)CC2)cc1F. The molecule has 0 saturated heterocycles. The van der Waals surface area contributed by atoms with Crippen LogP contribution in [0.3, 0.4) is 0 Å². The highest BCUT2D eigenvalue weighted by molar-refractivity contribution is 5.98. The topological polar surface area (TPSA) is 43.1 Å². The first-order valence-electron chi connectivity index (χ1n) is 6.45. The number of nitrogens with two attached hydrogens (primary N) is 1. The van der Waals surface area contributed by atoms with Crippen LogP contribution in [0.4, 0.5) is 23.2 Å². The molecule has 1 aromatic carbocycles. The number of alkyl halides is 3. The summed E-state index contributed by atoms with van der Waals surface area (Å²) in [6.45, 7) is 0. The van der Waals surface area contributed by atoms with Gasteiger partial charge in [-0.05, 0) is 43.9 Å². The van der Waals surface area contributed by atoms with Crippen LogP contribution in [0.15, 0.2) is 18.2 Å². The number of rotatable bonds is 2. The summed E-state index contributed by atoms with van der Waals surface area (Å²) in [5, 5.41) is 0. The minimum atomic E-state index is -4.19. The first-order valence-corrected chi connectivity index (χ1v) is 6.45. The van der Waals surface area contributed by atoms with E-state index < -0.39 is 23.8 Å². The molecule has 1 aliphatic carbocycles. The molecule has 0 bridgehead atoms. The molecule has 0 heterocycles. The van der Waals surface area contributed by atoms with Gasteiger partial charge in [0.2, 0.25) is 0 Å². The number of ketones is 1. The molecule has 20 heavy (non-hydrogen) atoms. The van der Waals surface area contributed by atoms with Gasteiger partial charge in [-0.2, -0.15) is 13.2 Å². The van der Waals surface area contributed by atoms with E-state index >= 15 is 0 Å². The largest absolute Gasteiger partial charge is 0.396 e. The van der Waals surface area contributed by atoms with E-state index in [1.165, 1.54) is 12.1 Å². The Balaban J connectivity index is 2.03. The zero-order valence-corrected chi connectivity index (χ0v) is 10.7. The lowest BCUT2D eigenvalue weighted by Gasteiger charge is -2.29. The Hall–Kier alpha value is -1.59. The zero-order valence-electron chi connectivity index (χ0n) is 10.7. The van der Waals surface area contributed by atoms with E-state index in [0.29, 0.717) is 0 Å². The number of hydrogen-bond acceptors (Lipinski definition) is 2. The molecule has 1 saturated carbocycles. The van der Waals surface area contributed by atoms with Crippen molar-refractivity contribution >= 4 is 11.5 Å². The van der Waals surface area contributed by atoms with Crippen molar-refractivity contribution in [2.45, 2.75) is 31.9 Å². The van der Waals surface area contributed by atoms with Gasteiger partial charge in [0.05, 0.1) is 11.6 Å². The first-order chi connectivity index (χ1) is 9.29. The van der Waals surface area contributed by atoms with Gasteiger partial charge in [0.25, 0.3) is 0 Å². The van der Waals surface area contributed by atoms with Gasteiger partial charge in [0, 0.05) is 11.5 Å². The van der Waals surface area contributed by atoms with Crippen molar-refractivity contribution in [2.24, 2.45) is 11.8 Å². The van der Waals surface area contributed by atoms with E-state index in [1.807, 2.05) is 0 Å². The summed E-state index contributed by atoms with van der Waals surface area (Å²) in [6.07, 6.45) is -3.90. The number of Topliss-reactive ketones (excluding diaryl/α,β-unsaturated/α-hetero) is 1. The highest BCUT2D eigenvalue weighted by Crippen LogP contribution is 2.40. The van der Waals surface area contributed by atoms with Crippen LogP contribution in [-0.2, 0) is 0 Å². The van der Waals surface area contributed by atoms with Gasteiger partial charge in [-0.15, -0.1) is 0 Å². The highest BCUT2D eigenvalue weighted by Gasteiger charge is 2.42. The van der Waals surface area contributed by atoms with Crippen molar-refractivity contribution in [3.05, 3.63) is 29.6 Å². The van der Waals surface area contributed by atoms with E-state index in [0.717, 1.165) is 6.07 Å². The van der Waals surface area contributed by atoms with Crippen molar-refractivity contribution in [3.8, 4) is 0 Å². The van der Waals surface area contributed by atoms with E-state index in [-0.39, 0.29) is 42.7 Å². The summed E-state index contributed by atoms with van der Waals surface area (Å²) in [4.78, 5) is 12.1. The van der Waals surface area contributed by atoms with Crippen LogP contribution in [0.25, 0.3) is 0 Å². The van der Waals surface area contributed by atoms with Crippen molar-refractivity contribution in [1.29, 1.82) is 0 Å². The standard InChI is InChI=1S/C14H15F4NO/c15-11-7-9(3-6-12(11)19)13(20)8-1-4-10(5-2-8)14(16,17)18/h3,6-8,10H,1-2,4-5,19H2. The third-order valence-corrected chi connectivity index (χ3v) is 3.85. The quantitative estimate of drug-likeness (QED) is 0.509. The number of carbonyl (C=O) groups excluding carboxylic acids is 1. The fourth-order valence-electron chi connectivity index (χ4n) is 2.60. The van der Waals surface area contributed by atoms with Crippen molar-refractivity contribution < 1.29 is 22.4 Å². The molecule has 2 nitrogen and oxygen atoms in total. The first kappa shape index (κ1) is 14.8. The molecule has 1 aromatic rings. The fraction of sp³-hybridized carbons (Fsp3) is 0.500. The van der Waals surface area contributed by atoms with Crippen LogP contribution in [0.5, 0.6) is 0 Å². The molecule has 0 aromatic heterocycles. The van der Waals surface area contributed by atoms with E-state index in [2.05, 4.69) is 0 Å². The number of benzene rings is 1. The average Bonchev–Trinajstić information content (AvgIpc) is 2.40. The van der Waals surface area contributed by atoms with Crippen LogP contribution in [-0.4, -0.2) is 12.0 Å². The monoisotopic (exact) mass is 289 g/mol. The van der Waals surface area contributed by atoms with Crippen LogP contribution in [0.2, 0.25) is 0 Å². The Labute approximate surface area is 114 Å². The molecular weight excluding hydrogens is 274 g/mol. The number of hydrogen-bond donors (Lipinski definition) is 1. The number of carbonyl (C=O) groups is 1. The Morgan fingerprint density at radius 2 is 1.75 bits per heavy atom. The molecule has 0 atom stereocenters. The summed E-state index contributed by atoms with van der Waals surface area (Å²) in [5.74, 6) is -2.77. The van der Waals surface area contributed by atoms with Crippen LogP contribution >= 0.6 is 0 Å². The molecule has 110 valence electrons. The molecule has 0 aliphatic heterocycles. The Morgan fingerprint density at radius 1 is 1.15 bits per heavy atom. The summed E-state index contributed by atoms with van der Waals surface area (Å²) >= 11 is 0. The van der Waals surface area contributed by atoms with Gasteiger partial charge in [-0.25, -0.2) is 4.39 Å². The van der Waals surface area contributed by atoms with Gasteiger partial charge < -0.3 is 5.73 Å². The fourth-order valence-corrected chi connectivity index (χ4v) is 2.60. The molecule has 2 rings (SSSR count). The molecular formula is C14H15F4NO. The van der Waals surface area contributed by atoms with Gasteiger partial charge in [-0.3, -0.25) is 4.79 Å². The molecule has 0 unspecified atom stereocenters. The van der Waals surface area contributed by atoms with Gasteiger partial charge in [-0.1, -0.05) is 0 Å². The van der Waals surface area contributed by atoms with E-state index in [1.54, 1.807) is 0 Å². The van der Waals surface area contributed by atoms with Crippen LogP contribution in [0.1, 0.15) is 36.0 Å². The third kappa shape index (κ3) is 3.11. The van der Waals surface area contributed by atoms with Gasteiger partial charge in [0.15, 0.2) is 5.78 Å². The minimum Gasteiger partial charge on any atom is -0.396 e. The van der Waals surface area contributed by atoms with Crippen molar-refractivity contribution in [2.75, 3.05) is 5.73 Å². The third-order valence-electron chi connectivity index (χ3n) is 3.85. The summed E-state index contributed by atoms with van der Waals surface area (Å²) in [5.41, 5.74) is 5.44. The molecule has 6 heteroatoms. The average molecular weight is 289 g/mol. The molecule has 1 fully saturated rings. The van der Waals surface area contributed by atoms with E-state index in [9.17, 15) is 22.4 Å². The lowest BCUT2D eigenvalue weighted by molar-refractivity contribution is -0.183. The Morgan fingerprint density at radius 3 is 2.25 bits per heavy atom. The van der Waals surface area contributed by atoms with Gasteiger partial charge in [0.1, 0.15) is 5.82 Å². The summed E-state index contributed by atoms with van der Waals surface area (Å²) in [6, 6.07) is 3.76. The lowest BCUT2D eigenvalue weighted by atomic mass is 9.78. The Bertz CT molecular complexity index is 504.